The van der Waals surface area contributed by atoms with Gasteiger partial charge in [-0.25, -0.2) is 13.6 Å². The largest absolute Gasteiger partial charge is 0.348 e. The summed E-state index contributed by atoms with van der Waals surface area (Å²) in [5.41, 5.74) is 5.62. The van der Waals surface area contributed by atoms with E-state index in [1.54, 1.807) is 12.1 Å². The molecular weight excluding hydrogens is 324 g/mol. The lowest BCUT2D eigenvalue weighted by atomic mass is 9.94. The fraction of sp³-hybridized carbons (Fsp3) is 0.278. The zero-order valence-electron chi connectivity index (χ0n) is 14.3. The van der Waals surface area contributed by atoms with Gasteiger partial charge in [0.15, 0.2) is 0 Å². The predicted octanol–water partition coefficient (Wildman–Crippen LogP) is 2.50. The summed E-state index contributed by atoms with van der Waals surface area (Å²) in [5, 5.41) is 7.96. The summed E-state index contributed by atoms with van der Waals surface area (Å²) in [5.74, 6) is -0.132. The van der Waals surface area contributed by atoms with E-state index in [9.17, 15) is 13.2 Å². The molecule has 0 atom stereocenters. The minimum absolute atomic E-state index is 0.0542. The molecule has 0 aliphatic heterocycles. The van der Waals surface area contributed by atoms with Gasteiger partial charge in [-0.1, -0.05) is 18.2 Å². The third-order valence-electron chi connectivity index (χ3n) is 4.30. The molecule has 0 unspecified atom stereocenters. The second kappa shape index (κ2) is 6.75. The molecule has 6 heteroatoms. The first-order chi connectivity index (χ1) is 11.1. The van der Waals surface area contributed by atoms with Gasteiger partial charge in [0.2, 0.25) is 10.0 Å². The van der Waals surface area contributed by atoms with Crippen molar-refractivity contribution in [2.45, 2.75) is 39.1 Å². The van der Waals surface area contributed by atoms with Gasteiger partial charge in [0.05, 0.1) is 4.90 Å². The van der Waals surface area contributed by atoms with Gasteiger partial charge in [0, 0.05) is 12.1 Å². The van der Waals surface area contributed by atoms with Gasteiger partial charge >= 0.3 is 0 Å². The van der Waals surface area contributed by atoms with Gasteiger partial charge in [0.25, 0.3) is 5.91 Å². The van der Waals surface area contributed by atoms with Crippen molar-refractivity contribution in [1.29, 1.82) is 0 Å². The van der Waals surface area contributed by atoms with Gasteiger partial charge in [-0.3, -0.25) is 4.79 Å². The molecule has 0 saturated carbocycles. The molecule has 0 aliphatic rings. The van der Waals surface area contributed by atoms with Crippen LogP contribution in [0.5, 0.6) is 0 Å². The summed E-state index contributed by atoms with van der Waals surface area (Å²) >= 11 is 0. The number of carbonyl (C=O) groups excluding carboxylic acids is 1. The Labute approximate surface area is 142 Å². The number of amides is 1. The van der Waals surface area contributed by atoms with Crippen LogP contribution in [0, 0.1) is 27.7 Å². The number of nitrogens with two attached hydrogens (primary N) is 1. The molecule has 3 N–H and O–H groups in total. The highest BCUT2D eigenvalue weighted by atomic mass is 32.2. The molecule has 24 heavy (non-hydrogen) atoms. The molecule has 0 fully saturated rings. The highest BCUT2D eigenvalue weighted by molar-refractivity contribution is 7.89. The molecule has 0 bridgehead atoms. The molecule has 0 aliphatic carbocycles. The standard InChI is InChI=1S/C18H22N2O3S/c1-11-9-12(2)14(4)17(13(11)3)18(21)20-10-15-5-7-16(8-6-15)24(19,22)23/h5-9H,10H2,1-4H3,(H,20,21)(H2,19,22,23). The van der Waals surface area contributed by atoms with Crippen molar-refractivity contribution in [2.75, 3.05) is 0 Å². The highest BCUT2D eigenvalue weighted by Crippen LogP contribution is 2.21. The Hall–Kier alpha value is -2.18. The first-order valence-electron chi connectivity index (χ1n) is 7.58. The lowest BCUT2D eigenvalue weighted by molar-refractivity contribution is 0.0949. The van der Waals surface area contributed by atoms with Crippen molar-refractivity contribution in [3.05, 3.63) is 63.7 Å². The van der Waals surface area contributed by atoms with Gasteiger partial charge in [0.1, 0.15) is 0 Å². The van der Waals surface area contributed by atoms with Gasteiger partial charge in [-0.2, -0.15) is 0 Å². The maximum Gasteiger partial charge on any atom is 0.252 e. The van der Waals surface area contributed by atoms with E-state index in [1.807, 2.05) is 27.7 Å². The predicted molar refractivity (Wildman–Crippen MR) is 94.4 cm³/mol. The van der Waals surface area contributed by atoms with Gasteiger partial charge in [-0.15, -0.1) is 0 Å². The Balaban J connectivity index is 2.17. The minimum Gasteiger partial charge on any atom is -0.348 e. The molecule has 0 radical (unpaired) electrons. The smallest absolute Gasteiger partial charge is 0.252 e. The molecular formula is C18H22N2O3S. The zero-order chi connectivity index (χ0) is 18.1. The van der Waals surface area contributed by atoms with Crippen LogP contribution in [0.2, 0.25) is 0 Å². The van der Waals surface area contributed by atoms with Crippen molar-refractivity contribution >= 4 is 15.9 Å². The lowest BCUT2D eigenvalue weighted by Crippen LogP contribution is -2.25. The molecule has 128 valence electrons. The summed E-state index contributed by atoms with van der Waals surface area (Å²) in [4.78, 5) is 12.6. The number of hydrogen-bond donors (Lipinski definition) is 2. The molecule has 2 aromatic rings. The Kier molecular flexibility index (Phi) is 5.11. The van der Waals surface area contributed by atoms with Crippen molar-refractivity contribution in [3.8, 4) is 0 Å². The van der Waals surface area contributed by atoms with Crippen LogP contribution in [0.15, 0.2) is 35.2 Å². The van der Waals surface area contributed by atoms with E-state index in [-0.39, 0.29) is 10.8 Å². The van der Waals surface area contributed by atoms with Crippen molar-refractivity contribution in [3.63, 3.8) is 0 Å². The Morgan fingerprint density at radius 3 is 1.96 bits per heavy atom. The number of sulfonamides is 1. The molecule has 0 aromatic heterocycles. The summed E-state index contributed by atoms with van der Waals surface area (Å²) in [6, 6.07) is 8.23. The van der Waals surface area contributed by atoms with E-state index < -0.39 is 10.0 Å². The third-order valence-corrected chi connectivity index (χ3v) is 5.23. The summed E-state index contributed by atoms with van der Waals surface area (Å²) < 4.78 is 22.5. The second-order valence-electron chi connectivity index (χ2n) is 6.01. The number of rotatable bonds is 4. The Morgan fingerprint density at radius 1 is 1.00 bits per heavy atom. The normalized spacial score (nSPS) is 11.4. The summed E-state index contributed by atoms with van der Waals surface area (Å²) in [6.07, 6.45) is 0. The Morgan fingerprint density at radius 2 is 1.50 bits per heavy atom. The third kappa shape index (κ3) is 3.83. The zero-order valence-corrected chi connectivity index (χ0v) is 15.1. The topological polar surface area (TPSA) is 89.3 Å². The highest BCUT2D eigenvalue weighted by Gasteiger charge is 2.15. The molecule has 0 spiro atoms. The first kappa shape index (κ1) is 18.2. The fourth-order valence-corrected chi connectivity index (χ4v) is 3.14. The van der Waals surface area contributed by atoms with Crippen molar-refractivity contribution < 1.29 is 13.2 Å². The maximum atomic E-state index is 12.6. The number of hydrogen-bond acceptors (Lipinski definition) is 3. The van der Waals surface area contributed by atoms with E-state index in [0.29, 0.717) is 12.1 Å². The molecule has 2 aromatic carbocycles. The van der Waals surface area contributed by atoms with Crippen LogP contribution in [0.1, 0.15) is 38.2 Å². The van der Waals surface area contributed by atoms with E-state index in [0.717, 1.165) is 27.8 Å². The minimum atomic E-state index is -3.70. The molecule has 1 amide bonds. The maximum absolute atomic E-state index is 12.6. The summed E-state index contributed by atoms with van der Waals surface area (Å²) in [6.45, 7) is 8.18. The molecule has 0 heterocycles. The SMILES string of the molecule is Cc1cc(C)c(C)c(C(=O)NCc2ccc(S(N)(=O)=O)cc2)c1C. The van der Waals surface area contributed by atoms with Crippen LogP contribution in [-0.4, -0.2) is 14.3 Å². The average molecular weight is 346 g/mol. The van der Waals surface area contributed by atoms with E-state index >= 15 is 0 Å². The average Bonchev–Trinajstić information content (AvgIpc) is 2.51. The van der Waals surface area contributed by atoms with Crippen LogP contribution in [0.4, 0.5) is 0 Å². The summed E-state index contributed by atoms with van der Waals surface area (Å²) in [7, 11) is -3.70. The first-order valence-corrected chi connectivity index (χ1v) is 9.13. The van der Waals surface area contributed by atoms with Crippen molar-refractivity contribution in [2.24, 2.45) is 5.14 Å². The number of aryl methyl sites for hydroxylation is 2. The van der Waals surface area contributed by atoms with Gasteiger partial charge in [-0.05, 0) is 67.6 Å². The van der Waals surface area contributed by atoms with Gasteiger partial charge < -0.3 is 5.32 Å². The van der Waals surface area contributed by atoms with Crippen LogP contribution < -0.4 is 10.5 Å². The van der Waals surface area contributed by atoms with Crippen LogP contribution in [0.3, 0.4) is 0 Å². The number of nitrogens with one attached hydrogen (secondary N) is 1. The van der Waals surface area contributed by atoms with Crippen LogP contribution in [0.25, 0.3) is 0 Å². The Bertz CT molecular complexity index is 859. The number of benzene rings is 2. The lowest BCUT2D eigenvalue weighted by Gasteiger charge is -2.15. The molecule has 0 saturated heterocycles. The molecule has 2 rings (SSSR count). The van der Waals surface area contributed by atoms with E-state index in [2.05, 4.69) is 11.4 Å². The molecule has 5 nitrogen and oxygen atoms in total. The van der Waals surface area contributed by atoms with Crippen LogP contribution in [-0.2, 0) is 16.6 Å². The van der Waals surface area contributed by atoms with E-state index in [1.165, 1.54) is 12.1 Å². The fourth-order valence-electron chi connectivity index (χ4n) is 2.63. The number of carbonyl (C=O) groups is 1. The second-order valence-corrected chi connectivity index (χ2v) is 7.57. The monoisotopic (exact) mass is 346 g/mol. The van der Waals surface area contributed by atoms with E-state index in [4.69, 9.17) is 5.14 Å². The van der Waals surface area contributed by atoms with Crippen LogP contribution >= 0.6 is 0 Å². The number of primary sulfonamides is 1. The quantitative estimate of drug-likeness (QED) is 0.891. The van der Waals surface area contributed by atoms with Crippen molar-refractivity contribution in [1.82, 2.24) is 5.32 Å².